The second-order valence-corrected chi connectivity index (χ2v) is 7.89. The highest BCUT2D eigenvalue weighted by Gasteiger charge is 2.35. The molecule has 0 spiro atoms. The molecule has 5 heteroatoms. The number of hydrogen-bond acceptors (Lipinski definition) is 3. The average Bonchev–Trinajstić information content (AvgIpc) is 3.01. The van der Waals surface area contributed by atoms with Crippen LogP contribution in [-0.2, 0) is 10.0 Å². The van der Waals surface area contributed by atoms with Crippen molar-refractivity contribution in [3.8, 4) is 0 Å². The van der Waals surface area contributed by atoms with Crippen molar-refractivity contribution in [3.63, 3.8) is 0 Å². The van der Waals surface area contributed by atoms with E-state index in [4.69, 9.17) is 0 Å². The van der Waals surface area contributed by atoms with Crippen molar-refractivity contribution in [2.75, 3.05) is 13.2 Å². The molecule has 3 rings (SSSR count). The molecule has 0 radical (unpaired) electrons. The van der Waals surface area contributed by atoms with E-state index in [1.54, 1.807) is 24.3 Å². The summed E-state index contributed by atoms with van der Waals surface area (Å²) in [4.78, 5) is 0.291. The largest absolute Gasteiger partial charge is 0.396 e. The van der Waals surface area contributed by atoms with Gasteiger partial charge in [-0.15, -0.1) is 0 Å². The number of sulfonamides is 1. The highest BCUT2D eigenvalue weighted by atomic mass is 32.2. The van der Waals surface area contributed by atoms with E-state index in [1.807, 2.05) is 43.3 Å². The number of nitrogens with zero attached hydrogens (tertiary/aromatic N) is 1. The summed E-state index contributed by atoms with van der Waals surface area (Å²) in [5, 5.41) is 9.32. The minimum Gasteiger partial charge on any atom is -0.396 e. The summed E-state index contributed by atoms with van der Waals surface area (Å²) in [7, 11) is -3.60. The monoisotopic (exact) mass is 343 g/mol. The molecule has 1 aliphatic heterocycles. The SMILES string of the molecule is Cc1ccc(S(=O)(=O)N2CC(c3ccccc3)=CC2CCO)cc1. The molecule has 1 N–H and O–H groups in total. The number of aliphatic hydroxyl groups excluding tert-OH is 1. The lowest BCUT2D eigenvalue weighted by Gasteiger charge is -2.23. The first kappa shape index (κ1) is 16.9. The third-order valence-corrected chi connectivity index (χ3v) is 6.17. The predicted molar refractivity (Wildman–Crippen MR) is 95.0 cm³/mol. The number of benzene rings is 2. The fourth-order valence-electron chi connectivity index (χ4n) is 2.96. The summed E-state index contributed by atoms with van der Waals surface area (Å²) in [5.41, 5.74) is 3.01. The molecule has 0 bridgehead atoms. The van der Waals surface area contributed by atoms with Crippen molar-refractivity contribution in [3.05, 3.63) is 71.8 Å². The molecule has 126 valence electrons. The van der Waals surface area contributed by atoms with Gasteiger partial charge in [0.2, 0.25) is 10.0 Å². The zero-order valence-corrected chi connectivity index (χ0v) is 14.4. The Morgan fingerprint density at radius 1 is 1.08 bits per heavy atom. The fraction of sp³-hybridized carbons (Fsp3) is 0.263. The van der Waals surface area contributed by atoms with Gasteiger partial charge in [0.05, 0.1) is 4.90 Å². The lowest BCUT2D eigenvalue weighted by Crippen LogP contribution is -2.36. The maximum Gasteiger partial charge on any atom is 0.243 e. The molecule has 2 aromatic rings. The molecular formula is C19H21NO3S. The van der Waals surface area contributed by atoms with E-state index in [0.717, 1.165) is 16.7 Å². The van der Waals surface area contributed by atoms with Crippen molar-refractivity contribution in [1.29, 1.82) is 0 Å². The lowest BCUT2D eigenvalue weighted by atomic mass is 10.1. The first-order valence-electron chi connectivity index (χ1n) is 7.98. The zero-order valence-electron chi connectivity index (χ0n) is 13.6. The summed E-state index contributed by atoms with van der Waals surface area (Å²) in [6.45, 7) is 2.20. The summed E-state index contributed by atoms with van der Waals surface area (Å²) < 4.78 is 27.5. The minimum atomic E-state index is -3.60. The number of aliphatic hydroxyl groups is 1. The van der Waals surface area contributed by atoms with Crippen LogP contribution in [0.4, 0.5) is 0 Å². The van der Waals surface area contributed by atoms with Crippen molar-refractivity contribution >= 4 is 15.6 Å². The Balaban J connectivity index is 1.94. The summed E-state index contributed by atoms with van der Waals surface area (Å²) in [5.74, 6) is 0. The summed E-state index contributed by atoms with van der Waals surface area (Å²) in [6.07, 6.45) is 2.35. The second-order valence-electron chi connectivity index (χ2n) is 6.00. The van der Waals surface area contributed by atoms with E-state index < -0.39 is 10.0 Å². The quantitative estimate of drug-likeness (QED) is 0.908. The maximum absolute atomic E-state index is 13.0. The zero-order chi connectivity index (χ0) is 17.2. The molecule has 1 heterocycles. The van der Waals surface area contributed by atoms with Gasteiger partial charge in [-0.2, -0.15) is 4.31 Å². The van der Waals surface area contributed by atoms with Crippen LogP contribution >= 0.6 is 0 Å². The molecule has 1 aliphatic rings. The molecule has 2 aromatic carbocycles. The first-order valence-corrected chi connectivity index (χ1v) is 9.42. The Morgan fingerprint density at radius 2 is 1.75 bits per heavy atom. The Morgan fingerprint density at radius 3 is 2.38 bits per heavy atom. The van der Waals surface area contributed by atoms with E-state index in [0.29, 0.717) is 17.9 Å². The molecule has 0 aromatic heterocycles. The average molecular weight is 343 g/mol. The van der Waals surface area contributed by atoms with Gasteiger partial charge in [-0.25, -0.2) is 8.42 Å². The van der Waals surface area contributed by atoms with Gasteiger partial charge in [-0.3, -0.25) is 0 Å². The van der Waals surface area contributed by atoms with Crippen LogP contribution < -0.4 is 0 Å². The van der Waals surface area contributed by atoms with E-state index in [2.05, 4.69) is 0 Å². The molecule has 24 heavy (non-hydrogen) atoms. The highest BCUT2D eigenvalue weighted by Crippen LogP contribution is 2.31. The fourth-order valence-corrected chi connectivity index (χ4v) is 4.54. The van der Waals surface area contributed by atoms with Crippen molar-refractivity contribution in [1.82, 2.24) is 4.31 Å². The van der Waals surface area contributed by atoms with Crippen molar-refractivity contribution < 1.29 is 13.5 Å². The van der Waals surface area contributed by atoms with Crippen molar-refractivity contribution in [2.24, 2.45) is 0 Å². The smallest absolute Gasteiger partial charge is 0.243 e. The van der Waals surface area contributed by atoms with E-state index in [1.165, 1.54) is 4.31 Å². The number of aryl methyl sites for hydroxylation is 1. The highest BCUT2D eigenvalue weighted by molar-refractivity contribution is 7.89. The predicted octanol–water partition coefficient (Wildman–Crippen LogP) is 2.83. The first-order chi connectivity index (χ1) is 11.5. The van der Waals surface area contributed by atoms with Crippen LogP contribution in [0.3, 0.4) is 0 Å². The van der Waals surface area contributed by atoms with Crippen LogP contribution in [0.2, 0.25) is 0 Å². The lowest BCUT2D eigenvalue weighted by molar-refractivity contribution is 0.257. The van der Waals surface area contributed by atoms with Gasteiger partial charge in [0, 0.05) is 19.2 Å². The standard InChI is InChI=1S/C19H21NO3S/c1-15-7-9-19(10-8-15)24(22,23)20-14-17(13-18(20)11-12-21)16-5-3-2-4-6-16/h2-10,13,18,21H,11-12,14H2,1H3. The van der Waals surface area contributed by atoms with Gasteiger partial charge < -0.3 is 5.11 Å². The molecule has 0 amide bonds. The molecule has 4 nitrogen and oxygen atoms in total. The van der Waals surface area contributed by atoms with E-state index in [9.17, 15) is 13.5 Å². The van der Waals surface area contributed by atoms with Gasteiger partial charge in [-0.05, 0) is 36.6 Å². The molecule has 1 atom stereocenters. The normalized spacial score (nSPS) is 18.6. The maximum atomic E-state index is 13.0. The van der Waals surface area contributed by atoms with Gasteiger partial charge in [0.1, 0.15) is 0 Å². The van der Waals surface area contributed by atoms with Crippen LogP contribution in [0.5, 0.6) is 0 Å². The Bertz CT molecular complexity index is 827. The molecule has 1 unspecified atom stereocenters. The number of hydrogen-bond donors (Lipinski definition) is 1. The van der Waals surface area contributed by atoms with Crippen LogP contribution in [0.15, 0.2) is 65.6 Å². The molecular weight excluding hydrogens is 322 g/mol. The van der Waals surface area contributed by atoms with E-state index >= 15 is 0 Å². The van der Waals surface area contributed by atoms with Crippen LogP contribution in [0, 0.1) is 6.92 Å². The van der Waals surface area contributed by atoms with E-state index in [-0.39, 0.29) is 12.6 Å². The van der Waals surface area contributed by atoms with Crippen LogP contribution in [0.25, 0.3) is 5.57 Å². The van der Waals surface area contributed by atoms with Gasteiger partial charge >= 0.3 is 0 Å². The van der Waals surface area contributed by atoms with Crippen LogP contribution in [0.1, 0.15) is 17.5 Å². The molecule has 0 saturated carbocycles. The molecule has 0 fully saturated rings. The number of rotatable bonds is 5. The molecule has 0 aliphatic carbocycles. The van der Waals surface area contributed by atoms with Gasteiger partial charge in [0.25, 0.3) is 0 Å². The van der Waals surface area contributed by atoms with Gasteiger partial charge in [0.15, 0.2) is 0 Å². The third kappa shape index (κ3) is 3.29. The second kappa shape index (κ2) is 6.89. The van der Waals surface area contributed by atoms with Gasteiger partial charge in [-0.1, -0.05) is 54.1 Å². The third-order valence-electron chi connectivity index (χ3n) is 4.29. The summed E-state index contributed by atoms with van der Waals surface area (Å²) >= 11 is 0. The Kier molecular flexibility index (Phi) is 4.85. The molecule has 0 saturated heterocycles. The van der Waals surface area contributed by atoms with Crippen molar-refractivity contribution in [2.45, 2.75) is 24.3 Å². The Hall–Kier alpha value is -1.95. The summed E-state index contributed by atoms with van der Waals surface area (Å²) in [6, 6.07) is 16.3. The topological polar surface area (TPSA) is 57.6 Å². The minimum absolute atomic E-state index is 0.0524. The Labute approximate surface area is 143 Å². The van der Waals surface area contributed by atoms with Crippen LogP contribution in [-0.4, -0.2) is 37.0 Å².